The molecule has 1 saturated heterocycles. The van der Waals surface area contributed by atoms with E-state index < -0.39 is 0 Å². The van der Waals surface area contributed by atoms with Gasteiger partial charge in [0.05, 0.1) is 15.7 Å². The zero-order valence-electron chi connectivity index (χ0n) is 13.2. The lowest BCUT2D eigenvalue weighted by Crippen LogP contribution is -2.55. The molecule has 126 valence electrons. The maximum Gasteiger partial charge on any atom is 0.137 e. The third-order valence-electron chi connectivity index (χ3n) is 6.07. The van der Waals surface area contributed by atoms with Gasteiger partial charge in [-0.1, -0.05) is 36.0 Å². The zero-order chi connectivity index (χ0) is 16.3. The monoisotopic (exact) mass is 363 g/mol. The molecule has 0 radical (unpaired) electrons. The fourth-order valence-corrected chi connectivity index (χ4v) is 5.26. The van der Waals surface area contributed by atoms with E-state index in [1.807, 2.05) is 12.1 Å². The smallest absolute Gasteiger partial charge is 0.137 e. The summed E-state index contributed by atoms with van der Waals surface area (Å²) < 4.78 is 5.46. The Labute approximate surface area is 150 Å². The van der Waals surface area contributed by atoms with Crippen LogP contribution < -0.4 is 10.9 Å². The first kappa shape index (κ1) is 15.1. The molecule has 4 nitrogen and oxygen atoms in total. The Kier molecular flexibility index (Phi) is 3.38. The lowest BCUT2D eigenvalue weighted by atomic mass is 9.60. The molecule has 4 aliphatic rings. The number of hydrogen-bond acceptors (Lipinski definition) is 3. The van der Waals surface area contributed by atoms with Gasteiger partial charge in [-0.15, -0.1) is 0 Å². The summed E-state index contributed by atoms with van der Waals surface area (Å²) in [5.74, 6) is 2.58. The van der Waals surface area contributed by atoms with E-state index in [1.165, 1.54) is 38.4 Å². The molecule has 4 fully saturated rings. The predicted octanol–water partition coefficient (Wildman–Crippen LogP) is 5.22. The van der Waals surface area contributed by atoms with Crippen molar-refractivity contribution in [3.8, 4) is 0 Å². The van der Waals surface area contributed by atoms with Gasteiger partial charge in [-0.05, 0) is 37.2 Å². The topological polar surface area (TPSA) is 49.6 Å². The van der Waals surface area contributed by atoms with Gasteiger partial charge in [0.15, 0.2) is 0 Å². The molecule has 2 heterocycles. The summed E-state index contributed by atoms with van der Waals surface area (Å²) >= 11 is 12.5. The standard InChI is InChI=1S/C18H19Cl2N3O/c19-13-5-12-14(20)9-24-16(12)6-15(13)21-17-8-18(23-22-17)7-10-1-3-11(18)4-2-10/h5-6,9-11,23H,1-4,7-8H2,(H,21,22). The van der Waals surface area contributed by atoms with Gasteiger partial charge in [-0.3, -0.25) is 0 Å². The highest BCUT2D eigenvalue weighted by Gasteiger charge is 2.50. The summed E-state index contributed by atoms with van der Waals surface area (Å²) in [5.41, 5.74) is 8.50. The van der Waals surface area contributed by atoms with Crippen molar-refractivity contribution in [3.05, 3.63) is 28.4 Å². The largest absolute Gasteiger partial charge is 0.463 e. The van der Waals surface area contributed by atoms with Crippen LogP contribution in [0.4, 0.5) is 5.69 Å². The molecule has 1 unspecified atom stereocenters. The van der Waals surface area contributed by atoms with Crippen molar-refractivity contribution in [1.29, 1.82) is 0 Å². The lowest BCUT2D eigenvalue weighted by molar-refractivity contribution is 0.0523. The maximum absolute atomic E-state index is 6.40. The van der Waals surface area contributed by atoms with Crippen molar-refractivity contribution >= 4 is 45.7 Å². The fraction of sp³-hybridized carbons (Fsp3) is 0.500. The summed E-state index contributed by atoms with van der Waals surface area (Å²) in [5, 5.41) is 1.99. The highest BCUT2D eigenvalue weighted by molar-refractivity contribution is 6.37. The molecule has 6 heteroatoms. The molecule has 1 aromatic heterocycles. The van der Waals surface area contributed by atoms with Crippen molar-refractivity contribution in [3.63, 3.8) is 0 Å². The van der Waals surface area contributed by atoms with Gasteiger partial charge in [-0.25, -0.2) is 10.4 Å². The molecule has 3 aliphatic carbocycles. The van der Waals surface area contributed by atoms with E-state index in [0.717, 1.165) is 35.2 Å². The molecule has 2 bridgehead atoms. The number of aliphatic imine (C=N–C) groups is 1. The van der Waals surface area contributed by atoms with Crippen LogP contribution in [0.25, 0.3) is 11.0 Å². The molecular weight excluding hydrogens is 345 g/mol. The fourth-order valence-electron chi connectivity index (χ4n) is 4.86. The molecular formula is C18H19Cl2N3O. The quantitative estimate of drug-likeness (QED) is 0.730. The summed E-state index contributed by atoms with van der Waals surface area (Å²) in [6.07, 6.45) is 9.19. The number of hydrogen-bond donors (Lipinski definition) is 2. The van der Waals surface area contributed by atoms with E-state index in [4.69, 9.17) is 32.6 Å². The van der Waals surface area contributed by atoms with Crippen LogP contribution in [0.3, 0.4) is 0 Å². The minimum Gasteiger partial charge on any atom is -0.463 e. The van der Waals surface area contributed by atoms with Crippen LogP contribution in [0.15, 0.2) is 27.8 Å². The van der Waals surface area contributed by atoms with Gasteiger partial charge in [0, 0.05) is 23.4 Å². The van der Waals surface area contributed by atoms with E-state index in [-0.39, 0.29) is 5.54 Å². The van der Waals surface area contributed by atoms with Gasteiger partial charge in [0.2, 0.25) is 0 Å². The second kappa shape index (κ2) is 5.38. The van der Waals surface area contributed by atoms with E-state index >= 15 is 0 Å². The maximum atomic E-state index is 6.40. The van der Waals surface area contributed by atoms with Crippen LogP contribution in [0.2, 0.25) is 10.0 Å². The van der Waals surface area contributed by atoms with Crippen molar-refractivity contribution in [1.82, 2.24) is 10.9 Å². The molecule has 0 amide bonds. The van der Waals surface area contributed by atoms with Gasteiger partial charge >= 0.3 is 0 Å². The minimum absolute atomic E-state index is 0.185. The number of rotatable bonds is 1. The summed E-state index contributed by atoms with van der Waals surface area (Å²) in [7, 11) is 0. The molecule has 3 saturated carbocycles. The zero-order valence-corrected chi connectivity index (χ0v) is 14.8. The summed E-state index contributed by atoms with van der Waals surface area (Å²) in [6, 6.07) is 3.68. The van der Waals surface area contributed by atoms with E-state index in [2.05, 4.69) is 10.9 Å². The number of benzene rings is 1. The molecule has 2 aromatic rings. The van der Waals surface area contributed by atoms with Gasteiger partial charge in [0.1, 0.15) is 17.7 Å². The number of nitrogens with one attached hydrogen (secondary N) is 2. The van der Waals surface area contributed by atoms with Crippen molar-refractivity contribution in [2.45, 2.75) is 44.1 Å². The van der Waals surface area contributed by atoms with Crippen molar-refractivity contribution in [2.24, 2.45) is 16.8 Å². The number of furan rings is 1. The minimum atomic E-state index is 0.185. The average Bonchev–Trinajstić information content (AvgIpc) is 3.14. The number of halogens is 2. The molecule has 1 atom stereocenters. The second-order valence-electron chi connectivity index (χ2n) is 7.45. The SMILES string of the molecule is Clc1cc2c(Cl)coc2cc1N=C1CC2(CC3CCC2CC3)NN1. The van der Waals surface area contributed by atoms with Crippen molar-refractivity contribution < 1.29 is 4.42 Å². The van der Waals surface area contributed by atoms with Gasteiger partial charge < -0.3 is 9.84 Å². The third kappa shape index (κ3) is 2.27. The average molecular weight is 364 g/mol. The van der Waals surface area contributed by atoms with Gasteiger partial charge in [-0.2, -0.15) is 0 Å². The first-order valence-electron chi connectivity index (χ1n) is 8.60. The van der Waals surface area contributed by atoms with Crippen LogP contribution in [0, 0.1) is 11.8 Å². The van der Waals surface area contributed by atoms with Crippen LogP contribution >= 0.6 is 23.2 Å². The Morgan fingerprint density at radius 3 is 2.71 bits per heavy atom. The molecule has 1 aromatic carbocycles. The Balaban J connectivity index is 1.46. The van der Waals surface area contributed by atoms with Gasteiger partial charge in [0.25, 0.3) is 0 Å². The van der Waals surface area contributed by atoms with Crippen LogP contribution in [-0.2, 0) is 0 Å². The molecule has 1 spiro atoms. The third-order valence-corrected chi connectivity index (χ3v) is 6.67. The first-order chi connectivity index (χ1) is 11.6. The highest BCUT2D eigenvalue weighted by Crippen LogP contribution is 2.50. The number of hydrazine groups is 1. The van der Waals surface area contributed by atoms with E-state index in [0.29, 0.717) is 15.6 Å². The Bertz CT molecular complexity index is 838. The molecule has 1 aliphatic heterocycles. The number of fused-ring (bicyclic) bond motifs is 3. The van der Waals surface area contributed by atoms with E-state index in [1.54, 1.807) is 0 Å². The predicted molar refractivity (Wildman–Crippen MR) is 97.0 cm³/mol. The number of nitrogens with zero attached hydrogens (tertiary/aromatic N) is 1. The Hall–Kier alpha value is -1.23. The summed E-state index contributed by atoms with van der Waals surface area (Å²) in [4.78, 5) is 4.76. The van der Waals surface area contributed by atoms with E-state index in [9.17, 15) is 0 Å². The first-order valence-corrected chi connectivity index (χ1v) is 9.35. The van der Waals surface area contributed by atoms with Crippen LogP contribution in [0.5, 0.6) is 0 Å². The summed E-state index contributed by atoms with van der Waals surface area (Å²) in [6.45, 7) is 0. The lowest BCUT2D eigenvalue weighted by Gasteiger charge is -2.49. The molecule has 2 N–H and O–H groups in total. The van der Waals surface area contributed by atoms with Crippen molar-refractivity contribution in [2.75, 3.05) is 0 Å². The van der Waals surface area contributed by atoms with Crippen LogP contribution in [0.1, 0.15) is 38.5 Å². The molecule has 24 heavy (non-hydrogen) atoms. The second-order valence-corrected chi connectivity index (χ2v) is 8.26. The molecule has 6 rings (SSSR count). The highest BCUT2D eigenvalue weighted by atomic mass is 35.5. The number of amidine groups is 1. The normalized spacial score (nSPS) is 33.7. The van der Waals surface area contributed by atoms with Crippen LogP contribution in [-0.4, -0.2) is 11.4 Å². The Morgan fingerprint density at radius 2 is 1.96 bits per heavy atom. The Morgan fingerprint density at radius 1 is 1.12 bits per heavy atom.